The maximum atomic E-state index is 11.8. The molecule has 1 N–H and O–H groups in total. The van der Waals surface area contributed by atoms with Gasteiger partial charge in [0, 0.05) is 18.5 Å². The van der Waals surface area contributed by atoms with Gasteiger partial charge >= 0.3 is 5.97 Å². The number of thiophene rings is 2. The van der Waals surface area contributed by atoms with Crippen LogP contribution in [0.3, 0.4) is 0 Å². The van der Waals surface area contributed by atoms with E-state index in [0.29, 0.717) is 5.69 Å². The number of piperidine rings is 1. The van der Waals surface area contributed by atoms with Crippen molar-refractivity contribution in [3.63, 3.8) is 0 Å². The normalized spacial score (nSPS) is 15.2. The molecule has 7 heteroatoms. The van der Waals surface area contributed by atoms with Crippen molar-refractivity contribution >= 4 is 50.9 Å². The van der Waals surface area contributed by atoms with Crippen LogP contribution < -0.4 is 0 Å². The number of carboxylic acids is 1. The fourth-order valence-corrected chi connectivity index (χ4v) is 4.98. The minimum Gasteiger partial charge on any atom is -0.477 e. The van der Waals surface area contributed by atoms with Crippen LogP contribution in [0, 0.1) is 6.92 Å². The molecule has 0 aromatic carbocycles. The van der Waals surface area contributed by atoms with Crippen molar-refractivity contribution < 1.29 is 9.90 Å². The lowest BCUT2D eigenvalue weighted by molar-refractivity contribution is 0.0703. The number of aromatic nitrogens is 1. The average molecular weight is 386 g/mol. The first-order chi connectivity index (χ1) is 12.6. The molecule has 0 aliphatic carbocycles. The van der Waals surface area contributed by atoms with Crippen LogP contribution in [-0.4, -0.2) is 40.4 Å². The Morgan fingerprint density at radius 2 is 2.15 bits per heavy atom. The van der Waals surface area contributed by atoms with Crippen molar-refractivity contribution in [3.05, 3.63) is 34.0 Å². The van der Waals surface area contributed by atoms with E-state index in [1.165, 1.54) is 17.8 Å². The summed E-state index contributed by atoms with van der Waals surface area (Å²) in [4.78, 5) is 25.3. The van der Waals surface area contributed by atoms with E-state index in [-0.39, 0.29) is 4.88 Å². The third-order valence-electron chi connectivity index (χ3n) is 4.54. The first-order valence-electron chi connectivity index (χ1n) is 8.63. The Morgan fingerprint density at radius 1 is 1.35 bits per heavy atom. The van der Waals surface area contributed by atoms with E-state index in [1.807, 2.05) is 30.5 Å². The molecular weight excluding hydrogens is 366 g/mol. The third-order valence-corrected chi connectivity index (χ3v) is 6.50. The number of aromatic carboxylic acids is 1. The SMILES string of the molecule is Cc1cc(-c2cccs2)nc2sc(C(=O)O)c(N=CN3CCCCC3)c12. The molecule has 0 radical (unpaired) electrons. The van der Waals surface area contributed by atoms with Crippen molar-refractivity contribution in [2.45, 2.75) is 26.2 Å². The van der Waals surface area contributed by atoms with E-state index in [2.05, 4.69) is 9.89 Å². The lowest BCUT2D eigenvalue weighted by atomic mass is 10.1. The molecule has 1 saturated heterocycles. The summed E-state index contributed by atoms with van der Waals surface area (Å²) < 4.78 is 0. The van der Waals surface area contributed by atoms with Crippen LogP contribution in [0.2, 0.25) is 0 Å². The van der Waals surface area contributed by atoms with Crippen molar-refractivity contribution in [2.75, 3.05) is 13.1 Å². The molecule has 0 spiro atoms. The number of carboxylic acid groups (broad SMARTS) is 1. The zero-order valence-corrected chi connectivity index (χ0v) is 16.1. The van der Waals surface area contributed by atoms with Crippen molar-refractivity contribution in [2.24, 2.45) is 4.99 Å². The van der Waals surface area contributed by atoms with E-state index < -0.39 is 5.97 Å². The summed E-state index contributed by atoms with van der Waals surface area (Å²) in [6, 6.07) is 6.04. The van der Waals surface area contributed by atoms with Gasteiger partial charge in [-0.05, 0) is 49.3 Å². The van der Waals surface area contributed by atoms with Crippen molar-refractivity contribution in [3.8, 4) is 10.6 Å². The molecule has 26 heavy (non-hydrogen) atoms. The van der Waals surface area contributed by atoms with Gasteiger partial charge < -0.3 is 10.0 Å². The monoisotopic (exact) mass is 385 g/mol. The van der Waals surface area contributed by atoms with Gasteiger partial charge in [-0.1, -0.05) is 6.07 Å². The number of carbonyl (C=O) groups is 1. The lowest BCUT2D eigenvalue weighted by Gasteiger charge is -2.23. The summed E-state index contributed by atoms with van der Waals surface area (Å²) in [5.41, 5.74) is 2.42. The number of pyridine rings is 1. The number of aliphatic imine (C=N–C) groups is 1. The van der Waals surface area contributed by atoms with Crippen molar-refractivity contribution in [1.82, 2.24) is 9.88 Å². The molecule has 0 bridgehead atoms. The van der Waals surface area contributed by atoms with E-state index in [4.69, 9.17) is 4.98 Å². The number of aryl methyl sites for hydroxylation is 1. The fraction of sp³-hybridized carbons (Fsp3) is 0.316. The van der Waals surface area contributed by atoms with Gasteiger partial charge in [0.05, 0.1) is 22.6 Å². The highest BCUT2D eigenvalue weighted by atomic mass is 32.1. The summed E-state index contributed by atoms with van der Waals surface area (Å²) >= 11 is 2.84. The number of likely N-dealkylation sites (tertiary alicyclic amines) is 1. The van der Waals surface area contributed by atoms with Crippen LogP contribution in [0.4, 0.5) is 5.69 Å². The fourth-order valence-electron chi connectivity index (χ4n) is 3.26. The second-order valence-electron chi connectivity index (χ2n) is 6.41. The number of nitrogens with zero attached hydrogens (tertiary/aromatic N) is 3. The molecule has 0 atom stereocenters. The van der Waals surface area contributed by atoms with Gasteiger partial charge in [0.2, 0.25) is 0 Å². The quantitative estimate of drug-likeness (QED) is 0.496. The maximum absolute atomic E-state index is 11.8. The molecule has 3 aromatic rings. The van der Waals surface area contributed by atoms with Crippen LogP contribution in [0.15, 0.2) is 28.6 Å². The largest absolute Gasteiger partial charge is 0.477 e. The van der Waals surface area contributed by atoms with E-state index in [0.717, 1.165) is 52.3 Å². The van der Waals surface area contributed by atoms with Gasteiger partial charge in [-0.3, -0.25) is 0 Å². The molecule has 1 aliphatic heterocycles. The van der Waals surface area contributed by atoms with Crippen LogP contribution >= 0.6 is 22.7 Å². The van der Waals surface area contributed by atoms with E-state index in [1.54, 1.807) is 17.7 Å². The van der Waals surface area contributed by atoms with E-state index >= 15 is 0 Å². The molecule has 4 heterocycles. The smallest absolute Gasteiger partial charge is 0.348 e. The van der Waals surface area contributed by atoms with Gasteiger partial charge in [-0.25, -0.2) is 14.8 Å². The molecule has 0 saturated carbocycles. The van der Waals surface area contributed by atoms with Gasteiger partial charge in [-0.15, -0.1) is 22.7 Å². The highest BCUT2D eigenvalue weighted by Gasteiger charge is 2.21. The molecule has 5 nitrogen and oxygen atoms in total. The van der Waals surface area contributed by atoms with Crippen LogP contribution in [0.5, 0.6) is 0 Å². The van der Waals surface area contributed by atoms with Crippen LogP contribution in [0.25, 0.3) is 20.8 Å². The summed E-state index contributed by atoms with van der Waals surface area (Å²) in [6.07, 6.45) is 5.38. The maximum Gasteiger partial charge on any atom is 0.348 e. The molecule has 0 unspecified atom stereocenters. The Bertz CT molecular complexity index is 970. The highest BCUT2D eigenvalue weighted by molar-refractivity contribution is 7.21. The van der Waals surface area contributed by atoms with Gasteiger partial charge in [0.1, 0.15) is 9.71 Å². The van der Waals surface area contributed by atoms with Crippen LogP contribution in [-0.2, 0) is 0 Å². The number of hydrogen-bond donors (Lipinski definition) is 1. The summed E-state index contributed by atoms with van der Waals surface area (Å²) in [6.45, 7) is 3.96. The van der Waals surface area contributed by atoms with E-state index in [9.17, 15) is 9.90 Å². The second kappa shape index (κ2) is 7.17. The molecular formula is C19H19N3O2S2. The highest BCUT2D eigenvalue weighted by Crippen LogP contribution is 2.40. The Kier molecular flexibility index (Phi) is 4.74. The number of hydrogen-bond acceptors (Lipinski definition) is 5. The number of rotatable bonds is 4. The molecule has 0 amide bonds. The third kappa shape index (κ3) is 3.24. The Balaban J connectivity index is 1.81. The van der Waals surface area contributed by atoms with Crippen LogP contribution in [0.1, 0.15) is 34.5 Å². The average Bonchev–Trinajstić information content (AvgIpc) is 3.29. The number of fused-ring (bicyclic) bond motifs is 1. The molecule has 1 aliphatic rings. The summed E-state index contributed by atoms with van der Waals surface area (Å²) in [5.74, 6) is -0.948. The minimum atomic E-state index is -0.948. The first kappa shape index (κ1) is 17.2. The molecule has 3 aromatic heterocycles. The predicted molar refractivity (Wildman–Crippen MR) is 108 cm³/mol. The predicted octanol–water partition coefficient (Wildman–Crippen LogP) is 5.18. The Labute approximate surface area is 159 Å². The van der Waals surface area contributed by atoms with Gasteiger partial charge in [0.25, 0.3) is 0 Å². The van der Waals surface area contributed by atoms with Crippen molar-refractivity contribution in [1.29, 1.82) is 0 Å². The summed E-state index contributed by atoms with van der Waals surface area (Å²) in [7, 11) is 0. The van der Waals surface area contributed by atoms with Gasteiger partial charge in [-0.2, -0.15) is 0 Å². The topological polar surface area (TPSA) is 65.8 Å². The zero-order valence-electron chi connectivity index (χ0n) is 14.4. The molecule has 4 rings (SSSR count). The Morgan fingerprint density at radius 3 is 2.85 bits per heavy atom. The first-order valence-corrected chi connectivity index (χ1v) is 10.3. The van der Waals surface area contributed by atoms with Gasteiger partial charge in [0.15, 0.2) is 0 Å². The molecule has 1 fully saturated rings. The summed E-state index contributed by atoms with van der Waals surface area (Å²) in [5, 5.41) is 12.5. The molecule has 134 valence electrons. The zero-order chi connectivity index (χ0) is 18.1. The Hall–Kier alpha value is -2.25. The second-order valence-corrected chi connectivity index (χ2v) is 8.35. The lowest BCUT2D eigenvalue weighted by Crippen LogP contribution is -2.28. The standard InChI is InChI=1S/C19H19N3O2S2/c1-12-10-13(14-6-5-9-25-14)21-18-15(12)16(17(26-18)19(23)24)20-11-22-7-3-2-4-8-22/h5-6,9-11H,2-4,7-8H2,1H3,(H,23,24). The minimum absolute atomic E-state index is 0.257.